The van der Waals surface area contributed by atoms with Gasteiger partial charge in [-0.05, 0) is 53.4 Å². The van der Waals surface area contributed by atoms with Gasteiger partial charge in [-0.25, -0.2) is 13.1 Å². The highest BCUT2D eigenvalue weighted by atomic mass is 79.9. The third kappa shape index (κ3) is 4.86. The first kappa shape index (κ1) is 20.9. The van der Waals surface area contributed by atoms with Gasteiger partial charge >= 0.3 is 6.18 Å². The molecule has 0 unspecified atom stereocenters. The fourth-order valence-electron chi connectivity index (χ4n) is 2.35. The molecule has 0 spiro atoms. The number of sulfonamides is 1. The van der Waals surface area contributed by atoms with Crippen LogP contribution in [0.15, 0.2) is 33.6 Å². The molecule has 0 aliphatic rings. The standard InChI is InChI=1S/C16H19BrF3N3O2S/c1-3-12-5-7-13(8-6-12)26(24,25)21-9-4-10-23-11(2)14(17)15(22-23)16(18,19)20/h5-8,21H,3-4,9-10H2,1-2H3. The first-order valence-electron chi connectivity index (χ1n) is 7.95. The highest BCUT2D eigenvalue weighted by Gasteiger charge is 2.37. The first-order chi connectivity index (χ1) is 12.1. The van der Waals surface area contributed by atoms with Crippen LogP contribution in [0, 0.1) is 6.92 Å². The molecule has 0 aliphatic heterocycles. The number of hydrogen-bond donors (Lipinski definition) is 1. The lowest BCUT2D eigenvalue weighted by Gasteiger charge is -2.08. The van der Waals surface area contributed by atoms with Gasteiger partial charge in [0.15, 0.2) is 5.69 Å². The summed E-state index contributed by atoms with van der Waals surface area (Å²) in [5, 5.41) is 3.56. The summed E-state index contributed by atoms with van der Waals surface area (Å²) in [5.74, 6) is 0. The Hall–Kier alpha value is -1.39. The molecular weight excluding hydrogens is 435 g/mol. The van der Waals surface area contributed by atoms with Gasteiger partial charge in [-0.2, -0.15) is 18.3 Å². The molecule has 1 aromatic carbocycles. The van der Waals surface area contributed by atoms with Crippen molar-refractivity contribution in [1.82, 2.24) is 14.5 Å². The second kappa shape index (κ2) is 8.10. The Morgan fingerprint density at radius 1 is 1.23 bits per heavy atom. The molecule has 0 amide bonds. The molecule has 0 bridgehead atoms. The van der Waals surface area contributed by atoms with Gasteiger partial charge in [-0.1, -0.05) is 19.1 Å². The van der Waals surface area contributed by atoms with Crippen LogP contribution in [0.4, 0.5) is 13.2 Å². The topological polar surface area (TPSA) is 64.0 Å². The molecule has 0 atom stereocenters. The van der Waals surface area contributed by atoms with Crippen LogP contribution in [-0.2, 0) is 29.2 Å². The summed E-state index contributed by atoms with van der Waals surface area (Å²) in [7, 11) is -3.64. The molecule has 5 nitrogen and oxygen atoms in total. The van der Waals surface area contributed by atoms with Gasteiger partial charge < -0.3 is 0 Å². The molecule has 10 heteroatoms. The van der Waals surface area contributed by atoms with Crippen LogP contribution in [0.25, 0.3) is 0 Å². The highest BCUT2D eigenvalue weighted by Crippen LogP contribution is 2.35. The van der Waals surface area contributed by atoms with E-state index in [0.29, 0.717) is 12.1 Å². The zero-order chi connectivity index (χ0) is 19.5. The Kier molecular flexibility index (Phi) is 6.51. The highest BCUT2D eigenvalue weighted by molar-refractivity contribution is 9.10. The van der Waals surface area contributed by atoms with Gasteiger partial charge in [-0.3, -0.25) is 4.68 Å². The molecular formula is C16H19BrF3N3O2S. The molecule has 2 rings (SSSR count). The molecule has 0 saturated carbocycles. The van der Waals surface area contributed by atoms with Crippen molar-refractivity contribution in [1.29, 1.82) is 0 Å². The molecule has 144 valence electrons. The summed E-state index contributed by atoms with van der Waals surface area (Å²) in [4.78, 5) is 0.159. The summed E-state index contributed by atoms with van der Waals surface area (Å²) in [6.45, 7) is 3.75. The lowest BCUT2D eigenvalue weighted by molar-refractivity contribution is -0.142. The van der Waals surface area contributed by atoms with Crippen LogP contribution >= 0.6 is 15.9 Å². The van der Waals surface area contributed by atoms with Crippen molar-refractivity contribution < 1.29 is 21.6 Å². The number of hydrogen-bond acceptors (Lipinski definition) is 3. The van der Waals surface area contributed by atoms with E-state index in [0.717, 1.165) is 12.0 Å². The summed E-state index contributed by atoms with van der Waals surface area (Å²) in [6, 6.07) is 6.56. The van der Waals surface area contributed by atoms with E-state index in [1.54, 1.807) is 12.1 Å². The van der Waals surface area contributed by atoms with Crippen molar-refractivity contribution >= 4 is 26.0 Å². The van der Waals surface area contributed by atoms with Crippen molar-refractivity contribution in [2.45, 2.75) is 44.3 Å². The Morgan fingerprint density at radius 3 is 2.35 bits per heavy atom. The van der Waals surface area contributed by atoms with Gasteiger partial charge in [0, 0.05) is 13.1 Å². The largest absolute Gasteiger partial charge is 0.436 e. The van der Waals surface area contributed by atoms with E-state index in [-0.39, 0.29) is 22.5 Å². The molecule has 1 N–H and O–H groups in total. The predicted molar refractivity (Wildman–Crippen MR) is 95.3 cm³/mol. The minimum absolute atomic E-state index is 0.0934. The van der Waals surface area contributed by atoms with Gasteiger partial charge in [0.1, 0.15) is 0 Å². The summed E-state index contributed by atoms with van der Waals surface area (Å²) in [6.07, 6.45) is -3.42. The predicted octanol–water partition coefficient (Wildman–Crippen LogP) is 3.90. The van der Waals surface area contributed by atoms with E-state index in [2.05, 4.69) is 25.8 Å². The van der Waals surface area contributed by atoms with Gasteiger partial charge in [0.05, 0.1) is 15.1 Å². The molecule has 1 heterocycles. The van der Waals surface area contributed by atoms with Crippen molar-refractivity contribution in [2.24, 2.45) is 0 Å². The maximum atomic E-state index is 12.8. The first-order valence-corrected chi connectivity index (χ1v) is 10.2. The minimum Gasteiger partial charge on any atom is -0.268 e. The third-order valence-corrected chi connectivity index (χ3v) is 6.31. The number of aryl methyl sites for hydroxylation is 2. The normalized spacial score (nSPS) is 12.5. The summed E-state index contributed by atoms with van der Waals surface area (Å²) in [5.41, 5.74) is 0.395. The average Bonchev–Trinajstić information content (AvgIpc) is 2.87. The van der Waals surface area contributed by atoms with E-state index in [9.17, 15) is 21.6 Å². The SMILES string of the molecule is CCc1ccc(S(=O)(=O)NCCCn2nc(C(F)(F)F)c(Br)c2C)cc1. The Morgan fingerprint density at radius 2 is 1.85 bits per heavy atom. The molecule has 2 aromatic rings. The number of alkyl halides is 3. The van der Waals surface area contributed by atoms with Gasteiger partial charge in [-0.15, -0.1) is 0 Å². The lowest BCUT2D eigenvalue weighted by Crippen LogP contribution is -2.25. The number of nitrogens with one attached hydrogen (secondary N) is 1. The third-order valence-electron chi connectivity index (χ3n) is 3.88. The Balaban J connectivity index is 1.96. The second-order valence-electron chi connectivity index (χ2n) is 5.72. The van der Waals surface area contributed by atoms with Crippen LogP contribution in [0.2, 0.25) is 0 Å². The minimum atomic E-state index is -4.54. The van der Waals surface area contributed by atoms with Crippen molar-refractivity contribution in [2.75, 3.05) is 6.54 Å². The van der Waals surface area contributed by atoms with Gasteiger partial charge in [0.25, 0.3) is 0 Å². The average molecular weight is 454 g/mol. The van der Waals surface area contributed by atoms with Crippen LogP contribution in [0.3, 0.4) is 0 Å². The second-order valence-corrected chi connectivity index (χ2v) is 8.28. The van der Waals surface area contributed by atoms with Crippen molar-refractivity contribution in [3.63, 3.8) is 0 Å². The van der Waals surface area contributed by atoms with Crippen LogP contribution in [0.1, 0.15) is 30.3 Å². The quantitative estimate of drug-likeness (QED) is 0.646. The lowest BCUT2D eigenvalue weighted by atomic mass is 10.2. The molecule has 1 aromatic heterocycles. The smallest absolute Gasteiger partial charge is 0.268 e. The summed E-state index contributed by atoms with van der Waals surface area (Å²) < 4.78 is 66.5. The Bertz CT molecular complexity index is 862. The molecule has 26 heavy (non-hydrogen) atoms. The zero-order valence-electron chi connectivity index (χ0n) is 14.3. The molecule has 0 saturated heterocycles. The summed E-state index contributed by atoms with van der Waals surface area (Å²) >= 11 is 2.90. The molecule has 0 fully saturated rings. The van der Waals surface area contributed by atoms with Crippen molar-refractivity contribution in [3.05, 3.63) is 45.7 Å². The Labute approximate surface area is 158 Å². The number of aromatic nitrogens is 2. The number of benzene rings is 1. The van der Waals surface area contributed by atoms with Gasteiger partial charge in [0.2, 0.25) is 10.0 Å². The van der Waals surface area contributed by atoms with E-state index in [1.807, 2.05) is 6.92 Å². The number of nitrogens with zero attached hydrogens (tertiary/aromatic N) is 2. The van der Waals surface area contributed by atoms with E-state index in [1.165, 1.54) is 23.7 Å². The van der Waals surface area contributed by atoms with E-state index >= 15 is 0 Å². The monoisotopic (exact) mass is 453 g/mol. The van der Waals surface area contributed by atoms with E-state index < -0.39 is 21.9 Å². The fraction of sp³-hybridized carbons (Fsp3) is 0.438. The van der Waals surface area contributed by atoms with Crippen LogP contribution in [0.5, 0.6) is 0 Å². The molecule has 0 radical (unpaired) electrons. The maximum Gasteiger partial charge on any atom is 0.436 e. The van der Waals surface area contributed by atoms with Crippen LogP contribution < -0.4 is 4.72 Å². The zero-order valence-corrected chi connectivity index (χ0v) is 16.7. The number of halogens is 4. The maximum absolute atomic E-state index is 12.8. The van der Waals surface area contributed by atoms with E-state index in [4.69, 9.17) is 0 Å². The van der Waals surface area contributed by atoms with Crippen molar-refractivity contribution in [3.8, 4) is 0 Å². The number of rotatable bonds is 7. The van der Waals surface area contributed by atoms with Crippen LogP contribution in [-0.4, -0.2) is 24.7 Å². The molecule has 0 aliphatic carbocycles. The fourth-order valence-corrected chi connectivity index (χ4v) is 3.93.